The molecule has 0 aliphatic carbocycles. The molecule has 0 saturated heterocycles. The second kappa shape index (κ2) is 5.50. The molecule has 0 radical (unpaired) electrons. The van der Waals surface area contributed by atoms with Crippen LogP contribution in [0.5, 0.6) is 5.75 Å². The van der Waals surface area contributed by atoms with E-state index in [4.69, 9.17) is 0 Å². The summed E-state index contributed by atoms with van der Waals surface area (Å²) in [5.41, 5.74) is -1.04. The Morgan fingerprint density at radius 1 is 1.21 bits per heavy atom. The van der Waals surface area contributed by atoms with E-state index in [1.165, 1.54) is 0 Å². The van der Waals surface area contributed by atoms with Gasteiger partial charge in [-0.15, -0.1) is 0 Å². The van der Waals surface area contributed by atoms with E-state index in [0.717, 1.165) is 19.2 Å². The Kier molecular flexibility index (Phi) is 5.68. The third-order valence-corrected chi connectivity index (χ3v) is 1.54. The van der Waals surface area contributed by atoms with E-state index in [0.29, 0.717) is 6.07 Å². The second-order valence-corrected chi connectivity index (χ2v) is 2.46. The molecule has 1 rings (SSSR count). The largest absolute Gasteiger partial charge is 1.00 e. The molecule has 14 heavy (non-hydrogen) atoms. The zero-order valence-corrected chi connectivity index (χ0v) is 10.9. The third kappa shape index (κ3) is 3.54. The molecule has 0 unspecified atom stereocenters. The minimum atomic E-state index is -5.22. The maximum atomic E-state index is 12.5. The van der Waals surface area contributed by atoms with Gasteiger partial charge < -0.3 is 17.7 Å². The van der Waals surface area contributed by atoms with Crippen LogP contribution in [0.25, 0.3) is 0 Å². The molecule has 0 fully saturated rings. The number of methoxy groups -OCH3 is 1. The van der Waals surface area contributed by atoms with E-state index >= 15 is 0 Å². The average molecular weight is 232 g/mol. The molecule has 0 saturated carbocycles. The van der Waals surface area contributed by atoms with Gasteiger partial charge in [0.1, 0.15) is 5.82 Å². The smallest absolute Gasteiger partial charge is 0.500 e. The van der Waals surface area contributed by atoms with Gasteiger partial charge in [-0.1, -0.05) is 5.46 Å². The predicted octanol–water partition coefficient (Wildman–Crippen LogP) is -1.11. The molecule has 0 aliphatic rings. The van der Waals surface area contributed by atoms with Crippen molar-refractivity contribution in [1.29, 1.82) is 0 Å². The van der Waals surface area contributed by atoms with Crippen LogP contribution in [0, 0.1) is 5.82 Å². The topological polar surface area (TPSA) is 9.23 Å². The van der Waals surface area contributed by atoms with Crippen LogP contribution in [-0.2, 0) is 0 Å². The third-order valence-electron chi connectivity index (χ3n) is 1.54. The van der Waals surface area contributed by atoms with Gasteiger partial charge in [0.15, 0.2) is 0 Å². The monoisotopic (exact) mass is 232 g/mol. The van der Waals surface area contributed by atoms with E-state index in [1.54, 1.807) is 0 Å². The van der Waals surface area contributed by atoms with Crippen molar-refractivity contribution in [3.8, 4) is 5.75 Å². The molecule has 1 aromatic carbocycles. The Morgan fingerprint density at radius 2 is 1.79 bits per heavy atom. The molecule has 0 N–H and O–H groups in total. The summed E-state index contributed by atoms with van der Waals surface area (Å²) in [6, 6.07) is 2.31. The van der Waals surface area contributed by atoms with Gasteiger partial charge in [0.25, 0.3) is 0 Å². The maximum absolute atomic E-state index is 12.5. The quantitative estimate of drug-likeness (QED) is 0.464. The number of rotatable bonds is 2. The first-order valence-electron chi connectivity index (χ1n) is 3.48. The van der Waals surface area contributed by atoms with Gasteiger partial charge >= 0.3 is 58.4 Å². The molecule has 0 amide bonds. The second-order valence-electron chi connectivity index (χ2n) is 2.46. The summed E-state index contributed by atoms with van der Waals surface area (Å²) in [4.78, 5) is 0. The van der Waals surface area contributed by atoms with E-state index < -0.39 is 18.3 Å². The molecular weight excluding hydrogens is 226 g/mol. The van der Waals surface area contributed by atoms with Crippen LogP contribution in [0.4, 0.5) is 17.3 Å². The predicted molar refractivity (Wildman–Crippen MR) is 41.7 cm³/mol. The fourth-order valence-corrected chi connectivity index (χ4v) is 0.961. The van der Waals surface area contributed by atoms with Crippen molar-refractivity contribution in [2.45, 2.75) is 0 Å². The molecule has 0 heterocycles. The molecular formula is C7H6BF4KO. The van der Waals surface area contributed by atoms with Gasteiger partial charge in [0, 0.05) is 0 Å². The molecule has 0 spiro atoms. The fraction of sp³-hybridized carbons (Fsp3) is 0.143. The van der Waals surface area contributed by atoms with Crippen molar-refractivity contribution < 1.29 is 73.5 Å². The Balaban J connectivity index is 0.00000169. The molecule has 0 atom stereocenters. The molecule has 72 valence electrons. The van der Waals surface area contributed by atoms with Gasteiger partial charge in [-0.05, 0) is 18.2 Å². The maximum Gasteiger partial charge on any atom is 1.00 e. The first-order chi connectivity index (χ1) is 5.95. The summed E-state index contributed by atoms with van der Waals surface area (Å²) in [5.74, 6) is -1.27. The van der Waals surface area contributed by atoms with Gasteiger partial charge in [-0.25, -0.2) is 4.39 Å². The van der Waals surface area contributed by atoms with Crippen LogP contribution in [-0.4, -0.2) is 14.1 Å². The van der Waals surface area contributed by atoms with Crippen molar-refractivity contribution in [3.05, 3.63) is 24.0 Å². The van der Waals surface area contributed by atoms with Gasteiger partial charge in [-0.3, -0.25) is 0 Å². The van der Waals surface area contributed by atoms with Gasteiger partial charge in [0.05, 0.1) is 12.9 Å². The first kappa shape index (κ1) is 14.4. The normalized spacial score (nSPS) is 10.6. The molecule has 1 aromatic rings. The molecule has 0 bridgehead atoms. The molecule has 7 heteroatoms. The van der Waals surface area contributed by atoms with E-state index in [9.17, 15) is 17.3 Å². The summed E-state index contributed by atoms with van der Waals surface area (Å²) in [5, 5.41) is 0. The van der Waals surface area contributed by atoms with E-state index in [-0.39, 0.29) is 57.1 Å². The van der Waals surface area contributed by atoms with Gasteiger partial charge in [-0.2, -0.15) is 0 Å². The summed E-state index contributed by atoms with van der Waals surface area (Å²) in [6.07, 6.45) is 0. The molecule has 0 aliphatic heterocycles. The number of benzene rings is 1. The van der Waals surface area contributed by atoms with Crippen LogP contribution in [0.3, 0.4) is 0 Å². The Morgan fingerprint density at radius 3 is 2.21 bits per heavy atom. The van der Waals surface area contributed by atoms with Crippen LogP contribution in [0.2, 0.25) is 0 Å². The van der Waals surface area contributed by atoms with Gasteiger partial charge in [0.2, 0.25) is 0 Å². The summed E-state index contributed by atoms with van der Waals surface area (Å²) >= 11 is 0. The zero-order chi connectivity index (χ0) is 10.1. The standard InChI is InChI=1S/C7H6BF4O.K/c1-13-7-3-2-5(9)4-6(7)8(10,11)12;/h2-4H,1H3;/q-1;+1. The van der Waals surface area contributed by atoms with E-state index in [2.05, 4.69) is 4.74 Å². The molecule has 0 aromatic heterocycles. The Bertz CT molecular complexity index is 315. The number of halogens is 4. The Labute approximate surface area is 121 Å². The van der Waals surface area contributed by atoms with Crippen LogP contribution >= 0.6 is 0 Å². The minimum absolute atomic E-state index is 0. The van der Waals surface area contributed by atoms with Crippen molar-refractivity contribution in [2.75, 3.05) is 7.11 Å². The SMILES string of the molecule is COc1ccc(F)cc1[B-](F)(F)F.[K+]. The Hall–Kier alpha value is 0.441. The van der Waals surface area contributed by atoms with Crippen molar-refractivity contribution in [2.24, 2.45) is 0 Å². The minimum Gasteiger partial charge on any atom is -0.500 e. The van der Waals surface area contributed by atoms with Crippen molar-refractivity contribution >= 4 is 12.4 Å². The number of ether oxygens (including phenoxy) is 1. The van der Waals surface area contributed by atoms with E-state index in [1.807, 2.05) is 0 Å². The summed E-state index contributed by atoms with van der Waals surface area (Å²) in [6.45, 7) is -5.22. The fourth-order valence-electron chi connectivity index (χ4n) is 0.961. The molecule has 1 nitrogen and oxygen atoms in total. The van der Waals surface area contributed by atoms with Crippen LogP contribution < -0.4 is 61.6 Å². The van der Waals surface area contributed by atoms with Crippen LogP contribution in [0.1, 0.15) is 0 Å². The number of hydrogen-bond donors (Lipinski definition) is 0. The average Bonchev–Trinajstić information content (AvgIpc) is 2.03. The zero-order valence-electron chi connectivity index (χ0n) is 7.73. The van der Waals surface area contributed by atoms with Crippen LogP contribution in [0.15, 0.2) is 18.2 Å². The summed E-state index contributed by atoms with van der Waals surface area (Å²) < 4.78 is 53.6. The summed E-state index contributed by atoms with van der Waals surface area (Å²) in [7, 11) is 1.11. The number of hydrogen-bond acceptors (Lipinski definition) is 1. The first-order valence-corrected chi connectivity index (χ1v) is 3.48. The van der Waals surface area contributed by atoms with Crippen molar-refractivity contribution in [1.82, 2.24) is 0 Å². The van der Waals surface area contributed by atoms with Crippen molar-refractivity contribution in [3.63, 3.8) is 0 Å².